The van der Waals surface area contributed by atoms with E-state index in [0.29, 0.717) is 6.07 Å². The van der Waals surface area contributed by atoms with Gasteiger partial charge in [-0.1, -0.05) is 0 Å². The number of aliphatic carboxylic acids is 1. The summed E-state index contributed by atoms with van der Waals surface area (Å²) < 4.78 is 31.8. The van der Waals surface area contributed by atoms with Gasteiger partial charge in [-0.2, -0.15) is 0 Å². The first kappa shape index (κ1) is 25.4. The molecule has 0 radical (unpaired) electrons. The van der Waals surface area contributed by atoms with Crippen LogP contribution in [0.4, 0.5) is 17.1 Å². The van der Waals surface area contributed by atoms with Gasteiger partial charge in [0.1, 0.15) is 5.69 Å². The van der Waals surface area contributed by atoms with Crippen LogP contribution in [0.5, 0.6) is 0 Å². The van der Waals surface area contributed by atoms with E-state index in [2.05, 4.69) is 0 Å². The molecular weight excluding hydrogens is 372 g/mol. The molecule has 1 aromatic carbocycles. The van der Waals surface area contributed by atoms with Crippen molar-refractivity contribution in [3.05, 3.63) is 38.4 Å². The van der Waals surface area contributed by atoms with E-state index in [1.54, 1.807) is 0 Å². The molecule has 12 nitrogen and oxygen atoms in total. The molecule has 1 aromatic rings. The van der Waals surface area contributed by atoms with Crippen molar-refractivity contribution in [2.75, 3.05) is 11.1 Å². The molecule has 0 fully saturated rings. The number of nitrogens with zero attached hydrogens (tertiary/aromatic N) is 2. The predicted molar refractivity (Wildman–Crippen MR) is 66.7 cm³/mol. The topological polar surface area (TPSA) is 196 Å². The molecule has 0 saturated heterocycles. The van der Waals surface area contributed by atoms with E-state index in [0.717, 1.165) is 12.1 Å². The van der Waals surface area contributed by atoms with Gasteiger partial charge in [0, 0.05) is 6.07 Å². The van der Waals surface area contributed by atoms with Gasteiger partial charge in [-0.05, 0) is 6.07 Å². The maximum atomic E-state index is 10.8. The van der Waals surface area contributed by atoms with E-state index in [4.69, 9.17) is 0 Å². The van der Waals surface area contributed by atoms with Gasteiger partial charge in [-0.15, -0.1) is 0 Å². The Morgan fingerprint density at radius 1 is 1.17 bits per heavy atom. The molecule has 15 heteroatoms. The van der Waals surface area contributed by atoms with E-state index in [1.165, 1.54) is 0 Å². The molecular formula is C9H7N3Na2O9S. The number of carboxylic acids is 1. The third-order valence-corrected chi connectivity index (χ3v) is 3.12. The van der Waals surface area contributed by atoms with Crippen LogP contribution in [-0.2, 0) is 14.9 Å². The summed E-state index contributed by atoms with van der Waals surface area (Å²) in [6.45, 7) is 0. The molecule has 1 atom stereocenters. The fourth-order valence-electron chi connectivity index (χ4n) is 1.47. The van der Waals surface area contributed by atoms with Crippen molar-refractivity contribution in [1.29, 1.82) is 0 Å². The number of anilines is 1. The van der Waals surface area contributed by atoms with Crippen LogP contribution in [0.2, 0.25) is 0 Å². The number of hydrogen-bond acceptors (Lipinski definition) is 10. The number of carbonyl (C=O) groups excluding carboxylic acids is 1. The summed E-state index contributed by atoms with van der Waals surface area (Å²) >= 11 is 0. The molecule has 0 aliphatic heterocycles. The molecule has 0 saturated carbocycles. The monoisotopic (exact) mass is 379 g/mol. The summed E-state index contributed by atoms with van der Waals surface area (Å²) in [4.78, 5) is 30.2. The molecule has 0 unspecified atom stereocenters. The second-order valence-electron chi connectivity index (χ2n) is 3.96. The van der Waals surface area contributed by atoms with Crippen molar-refractivity contribution in [1.82, 2.24) is 0 Å². The second-order valence-corrected chi connectivity index (χ2v) is 5.40. The molecule has 0 aliphatic rings. The number of carbonyl (C=O) groups is 1. The second kappa shape index (κ2) is 10.2. The van der Waals surface area contributed by atoms with Crippen LogP contribution in [0.3, 0.4) is 0 Å². The Balaban J connectivity index is 0. The third kappa shape index (κ3) is 7.85. The number of rotatable bonds is 7. The first-order chi connectivity index (χ1) is 10.0. The van der Waals surface area contributed by atoms with Crippen LogP contribution in [0.1, 0.15) is 0 Å². The fraction of sp³-hybridized carbons (Fsp3) is 0.222. The largest absolute Gasteiger partial charge is 1.00 e. The van der Waals surface area contributed by atoms with Gasteiger partial charge in [-0.25, -0.2) is 8.42 Å². The van der Waals surface area contributed by atoms with Gasteiger partial charge < -0.3 is 19.8 Å². The smallest absolute Gasteiger partial charge is 0.748 e. The summed E-state index contributed by atoms with van der Waals surface area (Å²) in [5.74, 6) is -3.39. The molecule has 0 heterocycles. The van der Waals surface area contributed by atoms with Crippen molar-refractivity contribution in [2.45, 2.75) is 6.04 Å². The SMILES string of the molecule is O=C([O-])[C@H](CS(=O)(=O)[O-])Nc1ccc([N+](=O)[O-])cc1[N+](=O)[O-].[Na+].[Na+]. The van der Waals surface area contributed by atoms with E-state index in [-0.39, 0.29) is 59.1 Å². The van der Waals surface area contributed by atoms with Crippen LogP contribution in [0, 0.1) is 20.2 Å². The molecule has 0 aliphatic carbocycles. The number of hydrogen-bond donors (Lipinski definition) is 1. The number of non-ortho nitro benzene ring substituents is 1. The Morgan fingerprint density at radius 2 is 1.71 bits per heavy atom. The first-order valence-corrected chi connectivity index (χ1v) is 6.93. The minimum Gasteiger partial charge on any atom is -0.748 e. The third-order valence-electron chi connectivity index (χ3n) is 2.37. The molecule has 24 heavy (non-hydrogen) atoms. The van der Waals surface area contributed by atoms with Crippen LogP contribution in [-0.4, -0.2) is 40.6 Å². The maximum Gasteiger partial charge on any atom is 1.00 e. The Hall–Kier alpha value is -0.800. The van der Waals surface area contributed by atoms with Crippen molar-refractivity contribution < 1.29 is 91.8 Å². The van der Waals surface area contributed by atoms with Crippen LogP contribution in [0.15, 0.2) is 18.2 Å². The summed E-state index contributed by atoms with van der Waals surface area (Å²) in [6.07, 6.45) is 0. The maximum absolute atomic E-state index is 10.8. The Bertz CT molecular complexity index is 740. The van der Waals surface area contributed by atoms with E-state index in [9.17, 15) is 43.1 Å². The average molecular weight is 379 g/mol. The fourth-order valence-corrected chi connectivity index (χ4v) is 2.09. The van der Waals surface area contributed by atoms with Crippen molar-refractivity contribution in [3.63, 3.8) is 0 Å². The van der Waals surface area contributed by atoms with Gasteiger partial charge in [0.05, 0.1) is 43.8 Å². The van der Waals surface area contributed by atoms with Crippen molar-refractivity contribution >= 4 is 33.1 Å². The summed E-state index contributed by atoms with van der Waals surface area (Å²) in [7, 11) is -4.95. The Kier molecular flexibility index (Phi) is 10.9. The first-order valence-electron chi connectivity index (χ1n) is 5.35. The number of nitro benzene ring substituents is 2. The molecule has 0 amide bonds. The summed E-state index contributed by atoms with van der Waals surface area (Å²) in [6, 6.07) is 0.167. The van der Waals surface area contributed by atoms with Gasteiger partial charge >= 0.3 is 59.1 Å². The van der Waals surface area contributed by atoms with Gasteiger partial charge in [0.2, 0.25) is 0 Å². The average Bonchev–Trinajstić information content (AvgIpc) is 2.36. The zero-order valence-corrected chi connectivity index (χ0v) is 17.3. The molecule has 1 rings (SSSR count). The standard InChI is InChI=1S/C9H9N3O9S.2Na/c13-9(14)7(4-22(19,20)21)10-6-2-1-5(11(15)16)3-8(6)12(17)18;;/h1-3,7,10H,4H2,(H,13,14)(H,19,20,21);;/q;2*+1/p-2/t7-;;/m0../s1. The van der Waals surface area contributed by atoms with Crippen molar-refractivity contribution in [3.8, 4) is 0 Å². The van der Waals surface area contributed by atoms with Gasteiger partial charge in [0.25, 0.3) is 11.4 Å². The quantitative estimate of drug-likeness (QED) is 0.206. The Morgan fingerprint density at radius 3 is 2.08 bits per heavy atom. The van der Waals surface area contributed by atoms with Gasteiger partial charge in [-0.3, -0.25) is 20.2 Å². The Labute approximate surface area is 179 Å². The molecule has 120 valence electrons. The summed E-state index contributed by atoms with van der Waals surface area (Å²) in [5.41, 5.74) is -1.99. The van der Waals surface area contributed by atoms with Crippen LogP contribution < -0.4 is 69.5 Å². The van der Waals surface area contributed by atoms with E-state index in [1.807, 2.05) is 5.32 Å². The van der Waals surface area contributed by atoms with Crippen molar-refractivity contribution in [2.24, 2.45) is 0 Å². The van der Waals surface area contributed by atoms with E-state index >= 15 is 0 Å². The van der Waals surface area contributed by atoms with Gasteiger partial charge in [0.15, 0.2) is 0 Å². The molecule has 0 aromatic heterocycles. The summed E-state index contributed by atoms with van der Waals surface area (Å²) in [5, 5.41) is 34.1. The number of carboxylic acid groups (broad SMARTS) is 1. The minimum absolute atomic E-state index is 0. The normalized spacial score (nSPS) is 11.4. The molecule has 1 N–H and O–H groups in total. The van der Waals surface area contributed by atoms with E-state index < -0.39 is 54.8 Å². The van der Waals surface area contributed by atoms with Crippen LogP contribution in [0.25, 0.3) is 0 Å². The predicted octanol–water partition coefficient (Wildman–Crippen LogP) is -7.41. The molecule has 0 spiro atoms. The number of nitro groups is 2. The zero-order valence-electron chi connectivity index (χ0n) is 12.5. The van der Waals surface area contributed by atoms with Crippen LogP contribution >= 0.6 is 0 Å². The molecule has 0 bridgehead atoms. The minimum atomic E-state index is -4.95. The number of nitrogens with one attached hydrogen (secondary N) is 1. The zero-order chi connectivity index (χ0) is 17.1. The number of benzene rings is 1.